The Hall–Kier alpha value is -1.23. The van der Waals surface area contributed by atoms with Crippen LogP contribution in [0.25, 0.3) is 0 Å². The van der Waals surface area contributed by atoms with Crippen molar-refractivity contribution in [1.29, 1.82) is 0 Å². The van der Waals surface area contributed by atoms with Gasteiger partial charge in [-0.05, 0) is 25.0 Å². The molecule has 2 atom stereocenters. The van der Waals surface area contributed by atoms with Crippen LogP contribution in [-0.2, 0) is 39.3 Å². The van der Waals surface area contributed by atoms with E-state index in [1.807, 2.05) is 0 Å². The Morgan fingerprint density at radius 1 is 0.697 bits per heavy atom. The van der Waals surface area contributed by atoms with E-state index >= 15 is 0 Å². The van der Waals surface area contributed by atoms with E-state index < -0.39 is 42.7 Å². The zero-order valence-corrected chi connectivity index (χ0v) is 24.1. The summed E-state index contributed by atoms with van der Waals surface area (Å²) < 4.78 is 71.6. The van der Waals surface area contributed by atoms with E-state index in [0.29, 0.717) is 0 Å². The maximum atomic E-state index is 11.4. The topological polar surface area (TPSA) is 161 Å². The molecule has 0 aliphatic rings. The molecular weight excluding hydrogens is 602 g/mol. The Labute approximate surface area is 233 Å². The molecule has 2 aromatic carbocycles. The molecule has 2 aromatic rings. The first-order valence-electron chi connectivity index (χ1n) is 9.29. The van der Waals surface area contributed by atoms with E-state index in [0.717, 1.165) is 0 Å². The summed E-state index contributed by atoms with van der Waals surface area (Å²) in [6.45, 7) is 3.23. The van der Waals surface area contributed by atoms with Crippen LogP contribution in [0.15, 0.2) is 60.7 Å². The van der Waals surface area contributed by atoms with Gasteiger partial charge in [0.2, 0.25) is 10.5 Å². The van der Waals surface area contributed by atoms with Gasteiger partial charge in [0.15, 0.2) is 0 Å². The first-order valence-corrected chi connectivity index (χ1v) is 12.3. The number of hydrogen-bond donors (Lipinski definition) is 2. The molecule has 0 saturated heterocycles. The van der Waals surface area contributed by atoms with E-state index in [1.54, 1.807) is 50.2 Å². The summed E-state index contributed by atoms with van der Waals surface area (Å²) in [5.41, 5.74) is 0.368. The summed E-state index contributed by atoms with van der Waals surface area (Å²) in [4.78, 5) is 22.9. The number of carbonyl (C=O) groups is 2. The molecule has 33 heavy (non-hydrogen) atoms. The Bertz CT molecular complexity index is 999. The fourth-order valence-corrected chi connectivity index (χ4v) is 4.18. The number of esters is 2. The minimum atomic E-state index is -4.51. The molecular formula is C20H24BaO10S2. The third kappa shape index (κ3) is 10.7. The van der Waals surface area contributed by atoms with Crippen LogP contribution < -0.4 is 0 Å². The van der Waals surface area contributed by atoms with E-state index in [4.69, 9.17) is 9.11 Å². The van der Waals surface area contributed by atoms with Gasteiger partial charge in [-0.25, -0.2) is 0 Å². The maximum Gasteiger partial charge on any atom is 0.331 e. The summed E-state index contributed by atoms with van der Waals surface area (Å²) in [5.74, 6) is -1.95. The van der Waals surface area contributed by atoms with Crippen LogP contribution in [0.2, 0.25) is 0 Å². The number of ether oxygens (including phenoxy) is 2. The van der Waals surface area contributed by atoms with Crippen molar-refractivity contribution in [2.75, 3.05) is 13.2 Å². The molecule has 13 heteroatoms. The zero-order valence-electron chi connectivity index (χ0n) is 18.0. The smallest absolute Gasteiger partial charge is 0.331 e. The molecule has 178 valence electrons. The second-order valence-corrected chi connectivity index (χ2v) is 9.12. The summed E-state index contributed by atoms with van der Waals surface area (Å²) in [5, 5.41) is -3.35. The molecule has 0 amide bonds. The molecule has 0 aliphatic heterocycles. The first-order chi connectivity index (χ1) is 14.9. The molecule has 2 unspecified atom stereocenters. The van der Waals surface area contributed by atoms with E-state index in [1.165, 1.54) is 24.3 Å². The van der Waals surface area contributed by atoms with Gasteiger partial charge in [-0.2, -0.15) is 16.8 Å². The van der Waals surface area contributed by atoms with Crippen molar-refractivity contribution in [3.8, 4) is 0 Å². The van der Waals surface area contributed by atoms with Crippen molar-refractivity contribution < 1.29 is 45.0 Å². The van der Waals surface area contributed by atoms with Crippen molar-refractivity contribution in [3.63, 3.8) is 0 Å². The van der Waals surface area contributed by atoms with Gasteiger partial charge in [-0.1, -0.05) is 60.7 Å². The standard InChI is InChI=1S/2C10H12O5S.Ba/c2*1-2-15-10(11)9(16(12,13)14)8-6-4-3-5-7-8;/h2*3-7,9H,2H2,1H3,(H,12,13,14);. The maximum absolute atomic E-state index is 11.4. The van der Waals surface area contributed by atoms with Gasteiger partial charge >= 0.3 is 11.9 Å². The number of rotatable bonds is 8. The second-order valence-electron chi connectivity index (χ2n) is 6.12. The quantitative estimate of drug-likeness (QED) is 0.252. The van der Waals surface area contributed by atoms with Gasteiger partial charge in [0.05, 0.1) is 13.2 Å². The van der Waals surface area contributed by atoms with Crippen LogP contribution in [0.4, 0.5) is 0 Å². The predicted molar refractivity (Wildman–Crippen MR) is 120 cm³/mol. The normalized spacial score (nSPS) is 12.7. The molecule has 2 radical (unpaired) electrons. The molecule has 0 spiro atoms. The monoisotopic (exact) mass is 626 g/mol. The zero-order chi connectivity index (χ0) is 24.4. The van der Waals surface area contributed by atoms with Crippen molar-refractivity contribution in [1.82, 2.24) is 0 Å². The molecule has 0 fully saturated rings. The Kier molecular flexibility index (Phi) is 14.4. The van der Waals surface area contributed by atoms with E-state index in [9.17, 15) is 26.4 Å². The van der Waals surface area contributed by atoms with E-state index in [2.05, 4.69) is 9.47 Å². The van der Waals surface area contributed by atoms with Gasteiger partial charge in [0, 0.05) is 48.9 Å². The average molecular weight is 626 g/mol. The van der Waals surface area contributed by atoms with Gasteiger partial charge < -0.3 is 9.47 Å². The van der Waals surface area contributed by atoms with Gasteiger partial charge in [0.1, 0.15) is 0 Å². The molecule has 0 heterocycles. The van der Waals surface area contributed by atoms with Crippen molar-refractivity contribution >= 4 is 81.1 Å². The molecule has 0 aliphatic carbocycles. The van der Waals surface area contributed by atoms with Crippen LogP contribution in [-0.4, -0.2) is 100.0 Å². The summed E-state index contributed by atoms with van der Waals surface area (Å²) in [6.07, 6.45) is 0. The van der Waals surface area contributed by atoms with Crippen LogP contribution in [0.3, 0.4) is 0 Å². The molecule has 2 rings (SSSR count). The number of benzene rings is 2. The van der Waals surface area contributed by atoms with Crippen LogP contribution in [0.5, 0.6) is 0 Å². The van der Waals surface area contributed by atoms with Crippen LogP contribution in [0.1, 0.15) is 35.5 Å². The van der Waals surface area contributed by atoms with E-state index in [-0.39, 0.29) is 73.2 Å². The SMILES string of the molecule is CCOC(=O)C(c1ccccc1)S(=O)(=O)O.CCOC(=O)C(c1ccccc1)S(=O)(=O)O.[Ba]. The van der Waals surface area contributed by atoms with Crippen LogP contribution in [0, 0.1) is 0 Å². The summed E-state index contributed by atoms with van der Waals surface area (Å²) >= 11 is 0. The minimum absolute atomic E-state index is 0. The first kappa shape index (κ1) is 31.8. The van der Waals surface area contributed by atoms with Gasteiger partial charge in [0.25, 0.3) is 20.2 Å². The summed E-state index contributed by atoms with van der Waals surface area (Å²) in [7, 11) is -9.03. The molecule has 0 saturated carbocycles. The fraction of sp³-hybridized carbons (Fsp3) is 0.300. The van der Waals surface area contributed by atoms with Gasteiger partial charge in [-0.3, -0.25) is 18.7 Å². The third-order valence-corrected chi connectivity index (χ3v) is 5.92. The third-order valence-electron chi connectivity index (χ3n) is 3.80. The average Bonchev–Trinajstić information content (AvgIpc) is 2.68. The molecule has 2 N–H and O–H groups in total. The van der Waals surface area contributed by atoms with Crippen molar-refractivity contribution in [3.05, 3.63) is 71.8 Å². The predicted octanol–water partition coefficient (Wildman–Crippen LogP) is 1.98. The van der Waals surface area contributed by atoms with Crippen LogP contribution >= 0.6 is 0 Å². The minimum Gasteiger partial charge on any atom is -0.465 e. The molecule has 10 nitrogen and oxygen atoms in total. The Morgan fingerprint density at radius 3 is 1.18 bits per heavy atom. The van der Waals surface area contributed by atoms with Crippen molar-refractivity contribution in [2.24, 2.45) is 0 Å². The second kappa shape index (κ2) is 14.9. The Balaban J connectivity index is 0.000000602. The fourth-order valence-electron chi connectivity index (χ4n) is 2.55. The largest absolute Gasteiger partial charge is 0.465 e. The van der Waals surface area contributed by atoms with Gasteiger partial charge in [-0.15, -0.1) is 0 Å². The Morgan fingerprint density at radius 2 is 0.970 bits per heavy atom. The van der Waals surface area contributed by atoms with Crippen molar-refractivity contribution in [2.45, 2.75) is 24.3 Å². The molecule has 0 aromatic heterocycles. The number of carbonyl (C=O) groups excluding carboxylic acids is 2. The number of hydrogen-bond acceptors (Lipinski definition) is 8. The molecule has 0 bridgehead atoms. The summed E-state index contributed by atoms with van der Waals surface area (Å²) in [6, 6.07) is 15.4.